The molecule has 0 amide bonds. The molecule has 0 atom stereocenters. The number of rotatable bonds is 0. The summed E-state index contributed by atoms with van der Waals surface area (Å²) in [6, 6.07) is -0.160. The third-order valence-corrected chi connectivity index (χ3v) is 1.11. The van der Waals surface area contributed by atoms with Crippen LogP contribution in [0.2, 0.25) is 5.15 Å². The number of nitrogens with zero attached hydrogens (tertiary/aromatic N) is 1. The van der Waals surface area contributed by atoms with Gasteiger partial charge in [-0.25, -0.2) is 4.98 Å². The quantitative estimate of drug-likeness (QED) is 0.580. The van der Waals surface area contributed by atoms with Crippen molar-refractivity contribution in [3.63, 3.8) is 0 Å². The molecule has 8 heavy (non-hydrogen) atoms. The van der Waals surface area contributed by atoms with Crippen LogP contribution in [-0.4, -0.2) is 4.98 Å². The minimum absolute atomic E-state index is 0.0485. The van der Waals surface area contributed by atoms with E-state index in [0.29, 0.717) is 0 Å². The predicted molar refractivity (Wildman–Crippen MR) is 36.9 cm³/mol. The van der Waals surface area contributed by atoms with Crippen molar-refractivity contribution in [3.05, 3.63) is 27.9 Å². The van der Waals surface area contributed by atoms with E-state index < -0.39 is 0 Å². The summed E-state index contributed by atoms with van der Waals surface area (Å²) < 4.78 is 21.8. The van der Waals surface area contributed by atoms with Gasteiger partial charge in [-0.2, -0.15) is 0 Å². The highest BCUT2D eigenvalue weighted by Crippen LogP contribution is 2.11. The van der Waals surface area contributed by atoms with E-state index in [2.05, 4.69) is 20.9 Å². The SMILES string of the molecule is [2H]c1nc(Cl)c([2H])c(Br)c1[2H]. The Morgan fingerprint density at radius 2 is 2.62 bits per heavy atom. The van der Waals surface area contributed by atoms with Crippen molar-refractivity contribution < 1.29 is 4.11 Å². The first kappa shape index (κ1) is 3.18. The molecule has 0 bridgehead atoms. The van der Waals surface area contributed by atoms with Crippen molar-refractivity contribution in [2.45, 2.75) is 0 Å². The summed E-state index contributed by atoms with van der Waals surface area (Å²) in [5.74, 6) is 0. The van der Waals surface area contributed by atoms with E-state index in [0.717, 1.165) is 0 Å². The van der Waals surface area contributed by atoms with Gasteiger partial charge in [-0.15, -0.1) is 0 Å². The van der Waals surface area contributed by atoms with Crippen LogP contribution in [0, 0.1) is 0 Å². The van der Waals surface area contributed by atoms with E-state index in [-0.39, 0.29) is 27.9 Å². The van der Waals surface area contributed by atoms with Gasteiger partial charge in [0.25, 0.3) is 0 Å². The summed E-state index contributed by atoms with van der Waals surface area (Å²) in [6.45, 7) is 0. The summed E-state index contributed by atoms with van der Waals surface area (Å²) in [5.41, 5.74) is 0. The maximum absolute atomic E-state index is 7.24. The molecular formula is C5H3BrClN. The topological polar surface area (TPSA) is 12.9 Å². The number of hydrogen-bond acceptors (Lipinski definition) is 1. The normalized spacial score (nSPS) is 14.5. The van der Waals surface area contributed by atoms with Gasteiger partial charge in [0.15, 0.2) is 0 Å². The molecule has 0 saturated carbocycles. The van der Waals surface area contributed by atoms with E-state index in [4.69, 9.17) is 15.7 Å². The zero-order valence-corrected chi connectivity index (χ0v) is 6.05. The smallest absolute Gasteiger partial charge is 0.130 e. The third kappa shape index (κ3) is 1.46. The standard InChI is InChI=1S/C5H3BrClN/c6-4-1-2-8-5(7)3-4/h1-3H/i1D,2D,3D. The number of halogens is 2. The second-order valence-corrected chi connectivity index (χ2v) is 2.23. The van der Waals surface area contributed by atoms with Crippen LogP contribution in [0.3, 0.4) is 0 Å². The Morgan fingerprint density at radius 3 is 3.38 bits per heavy atom. The Labute approximate surface area is 65.0 Å². The summed E-state index contributed by atoms with van der Waals surface area (Å²) in [4.78, 5) is 3.46. The van der Waals surface area contributed by atoms with Gasteiger partial charge in [-0.1, -0.05) is 27.5 Å². The monoisotopic (exact) mass is 194 g/mol. The molecule has 0 aliphatic heterocycles. The lowest BCUT2D eigenvalue weighted by Gasteiger charge is -1.86. The zero-order chi connectivity index (χ0) is 8.59. The molecule has 42 valence electrons. The Hall–Kier alpha value is -0.0800. The third-order valence-electron chi connectivity index (χ3n) is 0.533. The van der Waals surface area contributed by atoms with Crippen LogP contribution in [-0.2, 0) is 0 Å². The predicted octanol–water partition coefficient (Wildman–Crippen LogP) is 2.50. The Bertz CT molecular complexity index is 278. The van der Waals surface area contributed by atoms with Gasteiger partial charge in [0.2, 0.25) is 0 Å². The average molecular weight is 195 g/mol. The first-order valence-corrected chi connectivity index (χ1v) is 3.00. The van der Waals surface area contributed by atoms with Crippen molar-refractivity contribution in [1.29, 1.82) is 0 Å². The van der Waals surface area contributed by atoms with Gasteiger partial charge in [0, 0.05) is 10.6 Å². The molecule has 1 nitrogen and oxygen atoms in total. The molecule has 0 aliphatic rings. The van der Waals surface area contributed by atoms with Gasteiger partial charge in [0.1, 0.15) is 5.15 Å². The summed E-state index contributed by atoms with van der Waals surface area (Å²) >= 11 is 8.42. The summed E-state index contributed by atoms with van der Waals surface area (Å²) in [5, 5.41) is -0.0575. The van der Waals surface area contributed by atoms with Gasteiger partial charge < -0.3 is 0 Å². The fourth-order valence-electron chi connectivity index (χ4n) is 0.276. The molecule has 0 saturated heterocycles. The highest BCUT2D eigenvalue weighted by molar-refractivity contribution is 9.10. The summed E-state index contributed by atoms with van der Waals surface area (Å²) in [7, 11) is 0. The van der Waals surface area contributed by atoms with Gasteiger partial charge in [0.05, 0.1) is 4.11 Å². The van der Waals surface area contributed by atoms with Crippen LogP contribution in [0.4, 0.5) is 0 Å². The molecule has 0 unspecified atom stereocenters. The van der Waals surface area contributed by atoms with E-state index in [9.17, 15) is 0 Å². The first-order chi connectivity index (χ1) is 5.04. The highest BCUT2D eigenvalue weighted by Gasteiger charge is 1.86. The van der Waals surface area contributed by atoms with Crippen LogP contribution in [0.15, 0.2) is 22.7 Å². The van der Waals surface area contributed by atoms with E-state index in [1.807, 2.05) is 0 Å². The molecule has 3 heteroatoms. The van der Waals surface area contributed by atoms with Crippen LogP contribution >= 0.6 is 27.5 Å². The summed E-state index contributed by atoms with van der Waals surface area (Å²) in [6.07, 6.45) is -0.224. The molecular weight excluding hydrogens is 189 g/mol. The van der Waals surface area contributed by atoms with Crippen molar-refractivity contribution in [2.24, 2.45) is 0 Å². The molecule has 1 aromatic rings. The maximum atomic E-state index is 7.24. The van der Waals surface area contributed by atoms with Gasteiger partial charge >= 0.3 is 0 Å². The molecule has 0 radical (unpaired) electrons. The fraction of sp³-hybridized carbons (Fsp3) is 0. The molecule has 1 rings (SSSR count). The van der Waals surface area contributed by atoms with Crippen molar-refractivity contribution in [1.82, 2.24) is 4.98 Å². The van der Waals surface area contributed by atoms with Gasteiger partial charge in [-0.3, -0.25) is 0 Å². The van der Waals surface area contributed by atoms with Crippen molar-refractivity contribution in [3.8, 4) is 0 Å². The van der Waals surface area contributed by atoms with Crippen LogP contribution < -0.4 is 0 Å². The molecule has 0 spiro atoms. The molecule has 0 fully saturated rings. The van der Waals surface area contributed by atoms with Crippen LogP contribution in [0.1, 0.15) is 4.11 Å². The average Bonchev–Trinajstić information content (AvgIpc) is 1.97. The molecule has 1 aromatic heterocycles. The first-order valence-electron chi connectivity index (χ1n) is 3.33. The Balaban J connectivity index is 3.46. The maximum Gasteiger partial charge on any atom is 0.130 e. The molecule has 0 N–H and O–H groups in total. The van der Waals surface area contributed by atoms with Crippen LogP contribution in [0.5, 0.6) is 0 Å². The van der Waals surface area contributed by atoms with Crippen molar-refractivity contribution in [2.75, 3.05) is 0 Å². The van der Waals surface area contributed by atoms with Gasteiger partial charge in [-0.05, 0) is 12.1 Å². The molecule has 0 aromatic carbocycles. The Morgan fingerprint density at radius 1 is 1.88 bits per heavy atom. The highest BCUT2D eigenvalue weighted by atomic mass is 79.9. The minimum atomic E-state index is -0.224. The lowest BCUT2D eigenvalue weighted by atomic mass is 10.5. The van der Waals surface area contributed by atoms with E-state index >= 15 is 0 Å². The minimum Gasteiger partial charge on any atom is -0.245 e. The lowest BCUT2D eigenvalue weighted by Crippen LogP contribution is -1.69. The molecule has 1 heterocycles. The second kappa shape index (κ2) is 2.46. The lowest BCUT2D eigenvalue weighted by molar-refractivity contribution is 1.32. The number of pyridine rings is 1. The zero-order valence-electron chi connectivity index (χ0n) is 6.70. The largest absolute Gasteiger partial charge is 0.245 e. The number of aromatic nitrogens is 1. The van der Waals surface area contributed by atoms with Crippen LogP contribution in [0.25, 0.3) is 0 Å². The fourth-order valence-corrected chi connectivity index (χ4v) is 0.803. The van der Waals surface area contributed by atoms with E-state index in [1.165, 1.54) is 0 Å². The Kier molecular flexibility index (Phi) is 0.980. The second-order valence-electron chi connectivity index (χ2n) is 1.08. The van der Waals surface area contributed by atoms with Crippen molar-refractivity contribution >= 4 is 27.5 Å². The number of hydrogen-bond donors (Lipinski definition) is 0. The molecule has 0 aliphatic carbocycles. The van der Waals surface area contributed by atoms with E-state index in [1.54, 1.807) is 0 Å².